The molecule has 0 atom stereocenters. The average Bonchev–Trinajstić information content (AvgIpc) is 3.10. The molecule has 0 aliphatic heterocycles. The van der Waals surface area contributed by atoms with Gasteiger partial charge in [-0.25, -0.2) is 10.4 Å². The van der Waals surface area contributed by atoms with Gasteiger partial charge in [-0.05, 0) is 35.9 Å². The molecule has 9 heteroatoms. The fourth-order valence-electron chi connectivity index (χ4n) is 2.25. The lowest BCUT2D eigenvalue weighted by atomic mass is 10.2. The molecule has 0 spiro atoms. The van der Waals surface area contributed by atoms with Gasteiger partial charge >= 0.3 is 5.97 Å². The van der Waals surface area contributed by atoms with Crippen molar-refractivity contribution >= 4 is 41.0 Å². The van der Waals surface area contributed by atoms with Crippen molar-refractivity contribution in [2.45, 2.75) is 12.1 Å². The van der Waals surface area contributed by atoms with E-state index < -0.39 is 5.97 Å². The van der Waals surface area contributed by atoms with Crippen LogP contribution in [-0.4, -0.2) is 35.9 Å². The third kappa shape index (κ3) is 5.10. The lowest BCUT2D eigenvalue weighted by molar-refractivity contribution is -0.132. The number of benzene rings is 2. The highest BCUT2D eigenvalue weighted by molar-refractivity contribution is 7.99. The van der Waals surface area contributed by atoms with Crippen LogP contribution < -0.4 is 14.9 Å². The maximum Gasteiger partial charge on any atom is 0.308 e. The molecule has 1 N–H and O–H groups in total. The van der Waals surface area contributed by atoms with E-state index in [0.717, 1.165) is 5.52 Å². The molecule has 0 aliphatic rings. The number of hydrogen-bond acceptors (Lipinski definition) is 8. The molecule has 3 aromatic rings. The standard InChI is InChI=1S/C19H17N3O5S/c1-12(23)26-16-8-7-13(9-17(16)25-2)10-20-22-18(24)11-28-19-21-14-5-3-4-6-15(14)27-19/h3-10H,11H2,1-2H3,(H,22,24)/b20-10+. The highest BCUT2D eigenvalue weighted by Gasteiger charge is 2.09. The number of hydrazone groups is 1. The molecule has 0 radical (unpaired) electrons. The number of esters is 1. The van der Waals surface area contributed by atoms with Crippen LogP contribution in [0.15, 0.2) is 57.2 Å². The minimum Gasteiger partial charge on any atom is -0.493 e. The second-order valence-corrected chi connectivity index (χ2v) is 6.46. The first-order valence-corrected chi connectivity index (χ1v) is 9.20. The van der Waals surface area contributed by atoms with Gasteiger partial charge in [-0.1, -0.05) is 23.9 Å². The largest absolute Gasteiger partial charge is 0.493 e. The predicted molar refractivity (Wildman–Crippen MR) is 105 cm³/mol. The van der Waals surface area contributed by atoms with Crippen LogP contribution in [0.3, 0.4) is 0 Å². The molecule has 3 rings (SSSR count). The number of aromatic nitrogens is 1. The Morgan fingerprint density at radius 1 is 1.25 bits per heavy atom. The van der Waals surface area contributed by atoms with Gasteiger partial charge < -0.3 is 13.9 Å². The first-order valence-electron chi connectivity index (χ1n) is 8.22. The number of rotatable bonds is 7. The van der Waals surface area contributed by atoms with Gasteiger partial charge in [0, 0.05) is 6.92 Å². The number of hydrogen-bond donors (Lipinski definition) is 1. The van der Waals surface area contributed by atoms with Gasteiger partial charge in [0.05, 0.1) is 19.1 Å². The smallest absolute Gasteiger partial charge is 0.308 e. The van der Waals surface area contributed by atoms with E-state index in [0.29, 0.717) is 27.9 Å². The number of carbonyl (C=O) groups is 2. The van der Waals surface area contributed by atoms with E-state index in [1.54, 1.807) is 18.2 Å². The number of oxazole rings is 1. The molecular weight excluding hydrogens is 382 g/mol. The summed E-state index contributed by atoms with van der Waals surface area (Å²) >= 11 is 1.18. The zero-order chi connectivity index (χ0) is 19.9. The molecule has 1 heterocycles. The van der Waals surface area contributed by atoms with Gasteiger partial charge in [-0.15, -0.1) is 0 Å². The molecule has 8 nitrogen and oxygen atoms in total. The van der Waals surface area contributed by atoms with Crippen LogP contribution in [0.5, 0.6) is 11.5 Å². The third-order valence-electron chi connectivity index (χ3n) is 3.45. The highest BCUT2D eigenvalue weighted by Crippen LogP contribution is 2.27. The third-order valence-corrected chi connectivity index (χ3v) is 4.27. The predicted octanol–water partition coefficient (Wildman–Crippen LogP) is 3.00. The number of fused-ring (bicyclic) bond motifs is 1. The second kappa shape index (κ2) is 9.05. The normalized spacial score (nSPS) is 10.9. The number of nitrogens with zero attached hydrogens (tertiary/aromatic N) is 2. The lowest BCUT2D eigenvalue weighted by Gasteiger charge is -2.08. The molecule has 0 aliphatic carbocycles. The Labute approximate surface area is 164 Å². The topological polar surface area (TPSA) is 103 Å². The van der Waals surface area contributed by atoms with Crippen LogP contribution in [0.25, 0.3) is 11.1 Å². The van der Waals surface area contributed by atoms with Gasteiger partial charge in [-0.3, -0.25) is 9.59 Å². The van der Waals surface area contributed by atoms with Crippen LogP contribution in [0, 0.1) is 0 Å². The Bertz CT molecular complexity index is 998. The summed E-state index contributed by atoms with van der Waals surface area (Å²) in [6, 6.07) is 12.3. The highest BCUT2D eigenvalue weighted by atomic mass is 32.2. The molecule has 1 amide bonds. The van der Waals surface area contributed by atoms with Crippen LogP contribution in [0.2, 0.25) is 0 Å². The lowest BCUT2D eigenvalue weighted by Crippen LogP contribution is -2.19. The molecule has 1 aromatic heterocycles. The summed E-state index contributed by atoms with van der Waals surface area (Å²) in [5.41, 5.74) is 4.52. The second-order valence-electron chi connectivity index (χ2n) is 5.53. The fourth-order valence-corrected chi connectivity index (χ4v) is 2.89. The summed E-state index contributed by atoms with van der Waals surface area (Å²) in [7, 11) is 1.47. The Morgan fingerprint density at radius 3 is 2.82 bits per heavy atom. The number of methoxy groups -OCH3 is 1. The maximum atomic E-state index is 11.9. The van der Waals surface area contributed by atoms with Crippen molar-refractivity contribution in [2.24, 2.45) is 5.10 Å². The van der Waals surface area contributed by atoms with Crippen LogP contribution in [-0.2, 0) is 9.59 Å². The molecule has 0 saturated carbocycles. The maximum absolute atomic E-state index is 11.9. The molecule has 0 fully saturated rings. The van der Waals surface area contributed by atoms with E-state index >= 15 is 0 Å². The molecule has 2 aromatic carbocycles. The van der Waals surface area contributed by atoms with E-state index in [4.69, 9.17) is 13.9 Å². The first-order chi connectivity index (χ1) is 13.5. The van der Waals surface area contributed by atoms with Gasteiger partial charge in [0.25, 0.3) is 11.1 Å². The van der Waals surface area contributed by atoms with Crippen molar-refractivity contribution in [3.05, 3.63) is 48.0 Å². The molecule has 144 valence electrons. The summed E-state index contributed by atoms with van der Waals surface area (Å²) < 4.78 is 15.8. The fraction of sp³-hybridized carbons (Fsp3) is 0.158. The quantitative estimate of drug-likeness (QED) is 0.214. The Hall–Kier alpha value is -3.33. The van der Waals surface area contributed by atoms with Gasteiger partial charge in [0.15, 0.2) is 17.1 Å². The van der Waals surface area contributed by atoms with Crippen molar-refractivity contribution in [1.82, 2.24) is 10.4 Å². The van der Waals surface area contributed by atoms with Crippen molar-refractivity contribution in [2.75, 3.05) is 12.9 Å². The van der Waals surface area contributed by atoms with Crippen LogP contribution in [0.1, 0.15) is 12.5 Å². The summed E-state index contributed by atoms with van der Waals surface area (Å²) in [5.74, 6) is 0.0668. The minimum absolute atomic E-state index is 0.110. The zero-order valence-corrected chi connectivity index (χ0v) is 16.0. The summed E-state index contributed by atoms with van der Waals surface area (Å²) in [5, 5.41) is 4.33. The zero-order valence-electron chi connectivity index (χ0n) is 15.2. The van der Waals surface area contributed by atoms with Gasteiger partial charge in [-0.2, -0.15) is 5.10 Å². The SMILES string of the molecule is COc1cc(/C=N/NC(=O)CSc2nc3ccccc3o2)ccc1OC(C)=O. The van der Waals surface area contributed by atoms with Crippen molar-refractivity contribution in [1.29, 1.82) is 0 Å². The molecule has 28 heavy (non-hydrogen) atoms. The number of thioether (sulfide) groups is 1. The summed E-state index contributed by atoms with van der Waals surface area (Å²) in [4.78, 5) is 27.3. The number of ether oxygens (including phenoxy) is 2. The minimum atomic E-state index is -0.441. The number of para-hydroxylation sites is 2. The van der Waals surface area contributed by atoms with Gasteiger partial charge in [0.2, 0.25) is 0 Å². The van der Waals surface area contributed by atoms with E-state index in [2.05, 4.69) is 15.5 Å². The first kappa shape index (κ1) is 19.4. The molecule has 0 bridgehead atoms. The van der Waals surface area contributed by atoms with E-state index in [-0.39, 0.29) is 11.7 Å². The van der Waals surface area contributed by atoms with Crippen molar-refractivity contribution < 1.29 is 23.5 Å². The van der Waals surface area contributed by atoms with Crippen molar-refractivity contribution in [3.8, 4) is 11.5 Å². The van der Waals surface area contributed by atoms with Crippen molar-refractivity contribution in [3.63, 3.8) is 0 Å². The molecule has 0 unspecified atom stereocenters. The Kier molecular flexibility index (Phi) is 6.28. The van der Waals surface area contributed by atoms with Crippen LogP contribution in [0.4, 0.5) is 0 Å². The van der Waals surface area contributed by atoms with E-state index in [9.17, 15) is 9.59 Å². The number of nitrogens with one attached hydrogen (secondary N) is 1. The van der Waals surface area contributed by atoms with Crippen LogP contribution >= 0.6 is 11.8 Å². The molecule has 0 saturated heterocycles. The van der Waals surface area contributed by atoms with E-state index in [1.807, 2.05) is 24.3 Å². The Balaban J connectivity index is 1.53. The van der Waals surface area contributed by atoms with Gasteiger partial charge in [0.1, 0.15) is 5.52 Å². The molecular formula is C19H17N3O5S. The number of carbonyl (C=O) groups excluding carboxylic acids is 2. The monoisotopic (exact) mass is 399 g/mol. The summed E-state index contributed by atoms with van der Waals surface area (Å²) in [6.07, 6.45) is 1.46. The Morgan fingerprint density at radius 2 is 2.07 bits per heavy atom. The number of amides is 1. The summed E-state index contributed by atoms with van der Waals surface area (Å²) in [6.45, 7) is 1.31. The average molecular weight is 399 g/mol. The van der Waals surface area contributed by atoms with E-state index in [1.165, 1.54) is 32.0 Å².